The molecule has 0 spiro atoms. The molecule has 0 aromatic carbocycles. The zero-order valence-corrected chi connectivity index (χ0v) is 13.6. The van der Waals surface area contributed by atoms with Crippen LogP contribution in [0.5, 0.6) is 0 Å². The fourth-order valence-corrected chi connectivity index (χ4v) is 1.72. The molecule has 0 radical (unpaired) electrons. The molecular formula is C16H31NO3. The van der Waals surface area contributed by atoms with Crippen molar-refractivity contribution in [3.8, 4) is 0 Å². The van der Waals surface area contributed by atoms with Crippen molar-refractivity contribution in [3.63, 3.8) is 0 Å². The average Bonchev–Trinajstić information content (AvgIpc) is 2.40. The van der Waals surface area contributed by atoms with Gasteiger partial charge in [0.05, 0.1) is 6.61 Å². The third kappa shape index (κ3) is 10.9. The maximum absolute atomic E-state index is 11.8. The summed E-state index contributed by atoms with van der Waals surface area (Å²) in [7, 11) is 3.95. The molecule has 0 saturated heterocycles. The van der Waals surface area contributed by atoms with E-state index in [0.29, 0.717) is 19.0 Å². The minimum absolute atomic E-state index is 0.347. The van der Waals surface area contributed by atoms with Gasteiger partial charge < -0.3 is 14.4 Å². The third-order valence-corrected chi connectivity index (χ3v) is 2.91. The van der Waals surface area contributed by atoms with Gasteiger partial charge in [0, 0.05) is 6.54 Å². The summed E-state index contributed by atoms with van der Waals surface area (Å²) in [5.74, 6) is 0.0176. The summed E-state index contributed by atoms with van der Waals surface area (Å²) in [6.07, 6.45) is 8.85. The highest BCUT2D eigenvalue weighted by Gasteiger charge is 2.11. The number of ether oxygens (including phenoxy) is 2. The van der Waals surface area contributed by atoms with Crippen molar-refractivity contribution in [2.45, 2.75) is 52.4 Å². The van der Waals surface area contributed by atoms with Crippen molar-refractivity contribution in [1.29, 1.82) is 0 Å². The Morgan fingerprint density at radius 2 is 1.75 bits per heavy atom. The maximum Gasteiger partial charge on any atom is 0.373 e. The molecule has 0 aliphatic heterocycles. The van der Waals surface area contributed by atoms with Crippen LogP contribution in [0.3, 0.4) is 0 Å². The van der Waals surface area contributed by atoms with Gasteiger partial charge in [0.25, 0.3) is 0 Å². The first-order valence-corrected chi connectivity index (χ1v) is 7.76. The molecule has 0 unspecified atom stereocenters. The Morgan fingerprint density at radius 3 is 2.35 bits per heavy atom. The van der Waals surface area contributed by atoms with E-state index >= 15 is 0 Å². The fraction of sp³-hybridized carbons (Fsp3) is 0.812. The molecule has 4 heteroatoms. The number of unbranched alkanes of at least 4 members (excludes halogenated alkanes) is 5. The number of esters is 1. The molecule has 0 rings (SSSR count). The quantitative estimate of drug-likeness (QED) is 0.238. The van der Waals surface area contributed by atoms with Crippen LogP contribution in [0, 0.1) is 0 Å². The normalized spacial score (nSPS) is 11.8. The van der Waals surface area contributed by atoms with Gasteiger partial charge in [-0.05, 0) is 39.9 Å². The van der Waals surface area contributed by atoms with Crippen molar-refractivity contribution in [1.82, 2.24) is 4.90 Å². The SMILES string of the molecule is CCCCCCC/C=C(/OCCN(C)C)C(=O)OCC. The molecule has 0 heterocycles. The molecule has 0 aliphatic rings. The molecule has 0 aliphatic carbocycles. The second kappa shape index (κ2) is 13.0. The Bertz CT molecular complexity index is 275. The van der Waals surface area contributed by atoms with E-state index in [4.69, 9.17) is 9.47 Å². The monoisotopic (exact) mass is 285 g/mol. The van der Waals surface area contributed by atoms with Gasteiger partial charge in [-0.2, -0.15) is 0 Å². The molecule has 0 fully saturated rings. The van der Waals surface area contributed by atoms with Gasteiger partial charge in [-0.25, -0.2) is 4.79 Å². The number of likely N-dealkylation sites (N-methyl/N-ethyl adjacent to an activating group) is 1. The lowest BCUT2D eigenvalue weighted by Gasteiger charge is -2.13. The van der Waals surface area contributed by atoms with Crippen LogP contribution in [0.25, 0.3) is 0 Å². The highest BCUT2D eigenvalue weighted by molar-refractivity contribution is 5.86. The second-order valence-corrected chi connectivity index (χ2v) is 5.14. The van der Waals surface area contributed by atoms with Crippen molar-refractivity contribution < 1.29 is 14.3 Å². The molecule has 0 bridgehead atoms. The fourth-order valence-electron chi connectivity index (χ4n) is 1.72. The van der Waals surface area contributed by atoms with Crippen LogP contribution >= 0.6 is 0 Å². The van der Waals surface area contributed by atoms with Crippen LogP contribution in [0.1, 0.15) is 52.4 Å². The number of hydrogen-bond donors (Lipinski definition) is 0. The van der Waals surface area contributed by atoms with E-state index in [0.717, 1.165) is 19.4 Å². The molecule has 0 aromatic heterocycles. The van der Waals surface area contributed by atoms with Crippen LogP contribution in [-0.4, -0.2) is 44.7 Å². The summed E-state index contributed by atoms with van der Waals surface area (Å²) in [5, 5.41) is 0. The lowest BCUT2D eigenvalue weighted by Crippen LogP contribution is -2.20. The van der Waals surface area contributed by atoms with Gasteiger partial charge in [0.2, 0.25) is 5.76 Å². The molecule has 0 saturated carbocycles. The molecule has 0 amide bonds. The molecule has 118 valence electrons. The van der Waals surface area contributed by atoms with Gasteiger partial charge in [-0.3, -0.25) is 0 Å². The van der Waals surface area contributed by atoms with E-state index in [9.17, 15) is 4.79 Å². The van der Waals surface area contributed by atoms with Crippen LogP contribution < -0.4 is 0 Å². The van der Waals surface area contributed by atoms with Crippen molar-refractivity contribution in [2.24, 2.45) is 0 Å². The number of rotatable bonds is 12. The average molecular weight is 285 g/mol. The highest BCUT2D eigenvalue weighted by Crippen LogP contribution is 2.09. The summed E-state index contributed by atoms with van der Waals surface area (Å²) in [5.41, 5.74) is 0. The lowest BCUT2D eigenvalue weighted by atomic mass is 10.1. The zero-order chi connectivity index (χ0) is 15.2. The first kappa shape index (κ1) is 19.0. The number of allylic oxidation sites excluding steroid dienone is 1. The highest BCUT2D eigenvalue weighted by atomic mass is 16.6. The number of nitrogens with zero attached hydrogens (tertiary/aromatic N) is 1. The van der Waals surface area contributed by atoms with E-state index in [-0.39, 0.29) is 5.97 Å². The molecule has 20 heavy (non-hydrogen) atoms. The maximum atomic E-state index is 11.8. The summed E-state index contributed by atoms with van der Waals surface area (Å²) < 4.78 is 10.6. The summed E-state index contributed by atoms with van der Waals surface area (Å²) in [4.78, 5) is 13.8. The number of carbonyl (C=O) groups is 1. The van der Waals surface area contributed by atoms with Gasteiger partial charge in [0.15, 0.2) is 0 Å². The molecule has 0 N–H and O–H groups in total. The van der Waals surface area contributed by atoms with E-state index in [2.05, 4.69) is 6.92 Å². The van der Waals surface area contributed by atoms with Gasteiger partial charge >= 0.3 is 5.97 Å². The Balaban J connectivity index is 4.11. The Morgan fingerprint density at radius 1 is 1.05 bits per heavy atom. The van der Waals surface area contributed by atoms with Crippen LogP contribution in [0.2, 0.25) is 0 Å². The van der Waals surface area contributed by atoms with E-state index < -0.39 is 0 Å². The van der Waals surface area contributed by atoms with Gasteiger partial charge in [-0.15, -0.1) is 0 Å². The van der Waals surface area contributed by atoms with Crippen LogP contribution in [-0.2, 0) is 14.3 Å². The van der Waals surface area contributed by atoms with Crippen molar-refractivity contribution in [2.75, 3.05) is 33.9 Å². The molecule has 4 nitrogen and oxygen atoms in total. The minimum atomic E-state index is -0.347. The molecule has 0 atom stereocenters. The largest absolute Gasteiger partial charge is 0.485 e. The molecule has 0 aromatic rings. The second-order valence-electron chi connectivity index (χ2n) is 5.14. The number of carbonyl (C=O) groups excluding carboxylic acids is 1. The summed E-state index contributed by atoms with van der Waals surface area (Å²) >= 11 is 0. The van der Waals surface area contributed by atoms with E-state index in [1.165, 1.54) is 25.7 Å². The molecular weight excluding hydrogens is 254 g/mol. The Labute approximate surface area is 124 Å². The van der Waals surface area contributed by atoms with E-state index in [1.807, 2.05) is 25.1 Å². The predicted octanol–water partition coefficient (Wildman–Crippen LogP) is 3.37. The van der Waals surface area contributed by atoms with E-state index in [1.54, 1.807) is 6.92 Å². The minimum Gasteiger partial charge on any atom is -0.485 e. The van der Waals surface area contributed by atoms with Gasteiger partial charge in [-0.1, -0.05) is 32.6 Å². The predicted molar refractivity (Wildman–Crippen MR) is 82.6 cm³/mol. The summed E-state index contributed by atoms with van der Waals surface area (Å²) in [6.45, 7) is 5.68. The Hall–Kier alpha value is -1.03. The summed E-state index contributed by atoms with van der Waals surface area (Å²) in [6, 6.07) is 0. The smallest absolute Gasteiger partial charge is 0.373 e. The lowest BCUT2D eigenvalue weighted by molar-refractivity contribution is -0.142. The van der Waals surface area contributed by atoms with Gasteiger partial charge in [0.1, 0.15) is 6.61 Å². The number of hydrogen-bond acceptors (Lipinski definition) is 4. The Kier molecular flexibility index (Phi) is 12.3. The third-order valence-electron chi connectivity index (χ3n) is 2.91. The zero-order valence-electron chi connectivity index (χ0n) is 13.6. The van der Waals surface area contributed by atoms with Crippen molar-refractivity contribution in [3.05, 3.63) is 11.8 Å². The van der Waals surface area contributed by atoms with Crippen molar-refractivity contribution >= 4 is 5.97 Å². The van der Waals surface area contributed by atoms with Crippen LogP contribution in [0.15, 0.2) is 11.8 Å². The topological polar surface area (TPSA) is 38.8 Å². The van der Waals surface area contributed by atoms with Crippen LogP contribution in [0.4, 0.5) is 0 Å². The first-order valence-electron chi connectivity index (χ1n) is 7.76. The standard InChI is InChI=1S/C16H31NO3/c1-5-7-8-9-10-11-12-15(16(18)19-6-2)20-14-13-17(3)4/h12H,5-11,13-14H2,1-4H3/b15-12+. The first-order chi connectivity index (χ1) is 9.61.